The lowest BCUT2D eigenvalue weighted by Gasteiger charge is -2.15. The molecule has 1 atom stereocenters. The Kier molecular flexibility index (Phi) is 4.88. The van der Waals surface area contributed by atoms with Crippen LogP contribution in [0.3, 0.4) is 0 Å². The summed E-state index contributed by atoms with van der Waals surface area (Å²) in [5, 5.41) is 4.19. The Labute approximate surface area is 146 Å². The van der Waals surface area contributed by atoms with E-state index in [2.05, 4.69) is 30.9 Å². The van der Waals surface area contributed by atoms with Crippen LogP contribution in [-0.2, 0) is 0 Å². The Balaban J connectivity index is 1.83. The zero-order chi connectivity index (χ0) is 18.0. The molecule has 1 unspecified atom stereocenters. The molecule has 132 valence electrons. The molecular formula is C19H23FN4O. The summed E-state index contributed by atoms with van der Waals surface area (Å²) in [7, 11) is 0. The molecule has 6 heteroatoms. The summed E-state index contributed by atoms with van der Waals surface area (Å²) in [6.07, 6.45) is 2.69. The van der Waals surface area contributed by atoms with Gasteiger partial charge < -0.3 is 10.5 Å². The number of anilines is 1. The molecule has 0 bridgehead atoms. The minimum Gasteiger partial charge on any atom is -0.493 e. The molecule has 2 aromatic heterocycles. The number of hydrogen-bond acceptors (Lipinski definition) is 4. The predicted molar refractivity (Wildman–Crippen MR) is 96.9 cm³/mol. The van der Waals surface area contributed by atoms with Crippen molar-refractivity contribution >= 4 is 11.5 Å². The fourth-order valence-corrected chi connectivity index (χ4v) is 3.03. The minimum absolute atomic E-state index is 0.324. The maximum atomic E-state index is 14.7. The van der Waals surface area contributed by atoms with E-state index < -0.39 is 0 Å². The molecule has 25 heavy (non-hydrogen) atoms. The van der Waals surface area contributed by atoms with E-state index in [9.17, 15) is 4.39 Å². The highest BCUT2D eigenvalue weighted by molar-refractivity contribution is 5.67. The van der Waals surface area contributed by atoms with E-state index in [0.29, 0.717) is 46.9 Å². The molecule has 0 radical (unpaired) electrons. The van der Waals surface area contributed by atoms with Crippen molar-refractivity contribution in [1.82, 2.24) is 14.6 Å². The van der Waals surface area contributed by atoms with Crippen LogP contribution in [0.25, 0.3) is 16.9 Å². The molecule has 0 saturated heterocycles. The molecule has 0 aliphatic rings. The van der Waals surface area contributed by atoms with Gasteiger partial charge in [-0.15, -0.1) is 0 Å². The number of halogens is 1. The van der Waals surface area contributed by atoms with Crippen molar-refractivity contribution in [2.45, 2.75) is 27.2 Å². The van der Waals surface area contributed by atoms with Gasteiger partial charge in [-0.3, -0.25) is 0 Å². The molecule has 2 heterocycles. The lowest BCUT2D eigenvalue weighted by atomic mass is 10.00. The molecular weight excluding hydrogens is 319 g/mol. The second kappa shape index (κ2) is 7.09. The van der Waals surface area contributed by atoms with Crippen molar-refractivity contribution in [3.05, 3.63) is 42.3 Å². The summed E-state index contributed by atoms with van der Waals surface area (Å²) in [5.41, 5.74) is 7.37. The first-order valence-corrected chi connectivity index (χ1v) is 8.47. The van der Waals surface area contributed by atoms with Crippen LogP contribution >= 0.6 is 0 Å². The third-order valence-corrected chi connectivity index (χ3v) is 4.00. The van der Waals surface area contributed by atoms with Crippen LogP contribution in [-0.4, -0.2) is 21.2 Å². The summed E-state index contributed by atoms with van der Waals surface area (Å²) >= 11 is 0. The molecule has 0 amide bonds. The van der Waals surface area contributed by atoms with Gasteiger partial charge in [0.25, 0.3) is 0 Å². The Morgan fingerprint density at radius 2 is 2.00 bits per heavy atom. The maximum Gasteiger partial charge on any atom is 0.158 e. The fraction of sp³-hybridized carbons (Fsp3) is 0.368. The summed E-state index contributed by atoms with van der Waals surface area (Å²) < 4.78 is 22.0. The van der Waals surface area contributed by atoms with Gasteiger partial charge in [0.15, 0.2) is 5.65 Å². The molecule has 0 saturated carbocycles. The Morgan fingerprint density at radius 3 is 2.72 bits per heavy atom. The number of aromatic nitrogens is 3. The third kappa shape index (κ3) is 3.90. The number of ether oxygens (including phenoxy) is 1. The van der Waals surface area contributed by atoms with Crippen LogP contribution < -0.4 is 10.5 Å². The van der Waals surface area contributed by atoms with E-state index in [4.69, 9.17) is 10.5 Å². The lowest BCUT2D eigenvalue weighted by molar-refractivity contribution is 0.238. The normalized spacial score (nSPS) is 12.7. The summed E-state index contributed by atoms with van der Waals surface area (Å²) in [6, 6.07) is 8.21. The van der Waals surface area contributed by atoms with Crippen molar-refractivity contribution in [1.29, 1.82) is 0 Å². The van der Waals surface area contributed by atoms with Crippen LogP contribution in [0, 0.1) is 17.7 Å². The van der Waals surface area contributed by atoms with Gasteiger partial charge in [0.1, 0.15) is 17.4 Å². The van der Waals surface area contributed by atoms with Gasteiger partial charge in [0.05, 0.1) is 18.5 Å². The number of fused-ring (bicyclic) bond motifs is 1. The second-order valence-electron chi connectivity index (χ2n) is 6.85. The minimum atomic E-state index is -0.378. The van der Waals surface area contributed by atoms with E-state index in [1.807, 2.05) is 0 Å². The average molecular weight is 342 g/mol. The van der Waals surface area contributed by atoms with Crippen molar-refractivity contribution in [3.63, 3.8) is 0 Å². The van der Waals surface area contributed by atoms with E-state index in [0.717, 1.165) is 6.42 Å². The standard InChI is InChI=1S/C19H23FN4O/c1-12(2)8-13(3)11-25-14-4-5-15(16(20)9-14)17-10-18(21)23-19-6-7-22-24(17)19/h4-7,9-10,12-13H,8,11H2,1-3H3,(H2,21,23). The number of rotatable bonds is 6. The first-order chi connectivity index (χ1) is 11.9. The Morgan fingerprint density at radius 1 is 1.20 bits per heavy atom. The van der Waals surface area contributed by atoms with Crippen molar-refractivity contribution < 1.29 is 9.13 Å². The van der Waals surface area contributed by atoms with Gasteiger partial charge in [-0.2, -0.15) is 5.10 Å². The van der Waals surface area contributed by atoms with Crippen molar-refractivity contribution in [3.8, 4) is 17.0 Å². The first-order valence-electron chi connectivity index (χ1n) is 8.47. The first kappa shape index (κ1) is 17.2. The second-order valence-corrected chi connectivity index (χ2v) is 6.85. The van der Waals surface area contributed by atoms with Crippen molar-refractivity contribution in [2.75, 3.05) is 12.3 Å². The van der Waals surface area contributed by atoms with Crippen LogP contribution in [0.4, 0.5) is 10.2 Å². The smallest absolute Gasteiger partial charge is 0.158 e. The summed E-state index contributed by atoms with van der Waals surface area (Å²) in [5.74, 6) is 1.51. The summed E-state index contributed by atoms with van der Waals surface area (Å²) in [6.45, 7) is 7.07. The van der Waals surface area contributed by atoms with Gasteiger partial charge in [-0.25, -0.2) is 13.9 Å². The van der Waals surface area contributed by atoms with Crippen LogP contribution in [0.5, 0.6) is 5.75 Å². The lowest BCUT2D eigenvalue weighted by Crippen LogP contribution is -2.11. The maximum absolute atomic E-state index is 14.7. The number of nitrogens with two attached hydrogens (primary N) is 1. The predicted octanol–water partition coefficient (Wildman–Crippen LogP) is 4.18. The SMILES string of the molecule is CC(C)CC(C)COc1ccc(-c2cc(N)nc3ccnn23)c(F)c1. The summed E-state index contributed by atoms with van der Waals surface area (Å²) in [4.78, 5) is 4.17. The van der Waals surface area contributed by atoms with Gasteiger partial charge in [0, 0.05) is 23.8 Å². The highest BCUT2D eigenvalue weighted by Gasteiger charge is 2.13. The number of nitrogens with zero attached hydrogens (tertiary/aromatic N) is 3. The van der Waals surface area contributed by atoms with Gasteiger partial charge in [-0.1, -0.05) is 20.8 Å². The van der Waals surface area contributed by atoms with E-state index in [1.54, 1.807) is 35.0 Å². The fourth-order valence-electron chi connectivity index (χ4n) is 3.03. The molecule has 0 aliphatic heterocycles. The molecule has 0 spiro atoms. The number of nitrogen functional groups attached to an aromatic ring is 1. The van der Waals surface area contributed by atoms with Crippen LogP contribution in [0.2, 0.25) is 0 Å². The quantitative estimate of drug-likeness (QED) is 0.730. The monoisotopic (exact) mass is 342 g/mol. The van der Waals surface area contributed by atoms with Crippen LogP contribution in [0.15, 0.2) is 36.5 Å². The number of hydrogen-bond donors (Lipinski definition) is 1. The Bertz CT molecular complexity index is 875. The van der Waals surface area contributed by atoms with Crippen LogP contribution in [0.1, 0.15) is 27.2 Å². The molecule has 5 nitrogen and oxygen atoms in total. The molecule has 3 rings (SSSR count). The third-order valence-electron chi connectivity index (χ3n) is 4.00. The number of benzene rings is 1. The van der Waals surface area contributed by atoms with Gasteiger partial charge >= 0.3 is 0 Å². The topological polar surface area (TPSA) is 65.4 Å². The highest BCUT2D eigenvalue weighted by Crippen LogP contribution is 2.28. The zero-order valence-electron chi connectivity index (χ0n) is 14.7. The van der Waals surface area contributed by atoms with E-state index >= 15 is 0 Å². The molecule has 0 aliphatic carbocycles. The van der Waals surface area contributed by atoms with E-state index in [-0.39, 0.29) is 5.82 Å². The molecule has 0 fully saturated rings. The van der Waals surface area contributed by atoms with E-state index in [1.165, 1.54) is 6.07 Å². The highest BCUT2D eigenvalue weighted by atomic mass is 19.1. The largest absolute Gasteiger partial charge is 0.493 e. The Hall–Kier alpha value is -2.63. The van der Waals surface area contributed by atoms with Gasteiger partial charge in [0.2, 0.25) is 0 Å². The average Bonchev–Trinajstić information content (AvgIpc) is 3.00. The molecule has 1 aromatic carbocycles. The van der Waals surface area contributed by atoms with Crippen molar-refractivity contribution in [2.24, 2.45) is 11.8 Å². The molecule has 3 aromatic rings. The zero-order valence-corrected chi connectivity index (χ0v) is 14.7. The van der Waals surface area contributed by atoms with Gasteiger partial charge in [-0.05, 0) is 30.4 Å². The molecule has 2 N–H and O–H groups in total.